The molecule has 2 saturated heterocycles. The molecule has 2 amide bonds. The van der Waals surface area contributed by atoms with Crippen molar-refractivity contribution in [1.29, 1.82) is 0 Å². The van der Waals surface area contributed by atoms with Crippen molar-refractivity contribution in [3.8, 4) is 0 Å². The molecular formula is C23H29N3O3. The van der Waals surface area contributed by atoms with E-state index in [2.05, 4.69) is 29.2 Å². The molecular weight excluding hydrogens is 366 g/mol. The van der Waals surface area contributed by atoms with Crippen molar-refractivity contribution in [3.05, 3.63) is 54.0 Å². The van der Waals surface area contributed by atoms with E-state index in [1.165, 1.54) is 31.2 Å². The molecule has 6 heteroatoms. The number of rotatable bonds is 5. The van der Waals surface area contributed by atoms with Crippen LogP contribution in [0.4, 0.5) is 5.69 Å². The highest BCUT2D eigenvalue weighted by molar-refractivity contribution is 5.95. The summed E-state index contributed by atoms with van der Waals surface area (Å²) in [6.07, 6.45) is 6.86. The average molecular weight is 396 g/mol. The maximum Gasteiger partial charge on any atom is 0.290 e. The zero-order chi connectivity index (χ0) is 20.2. The SMILES string of the molecule is CN(Cc1ccc(N2CCCCC2)cc1)C(=O)C1CCCN1C(=O)c1ccco1. The lowest BCUT2D eigenvalue weighted by atomic mass is 10.1. The van der Waals surface area contributed by atoms with Crippen LogP contribution in [-0.4, -0.2) is 54.3 Å². The van der Waals surface area contributed by atoms with Gasteiger partial charge in [0.1, 0.15) is 6.04 Å². The van der Waals surface area contributed by atoms with E-state index in [0.29, 0.717) is 25.3 Å². The number of nitrogens with zero attached hydrogens (tertiary/aromatic N) is 3. The van der Waals surface area contributed by atoms with Gasteiger partial charge in [0.25, 0.3) is 5.91 Å². The molecule has 154 valence electrons. The Morgan fingerprint density at radius 1 is 1.03 bits per heavy atom. The third kappa shape index (κ3) is 4.31. The lowest BCUT2D eigenvalue weighted by Crippen LogP contribution is -2.46. The fourth-order valence-electron chi connectivity index (χ4n) is 4.38. The highest BCUT2D eigenvalue weighted by Crippen LogP contribution is 2.24. The molecule has 4 rings (SSSR count). The fraction of sp³-hybridized carbons (Fsp3) is 0.478. The van der Waals surface area contributed by atoms with Gasteiger partial charge in [-0.2, -0.15) is 0 Å². The summed E-state index contributed by atoms with van der Waals surface area (Å²) >= 11 is 0. The number of benzene rings is 1. The number of furan rings is 1. The van der Waals surface area contributed by atoms with E-state index in [0.717, 1.165) is 25.1 Å². The molecule has 2 fully saturated rings. The number of piperidine rings is 1. The first-order valence-corrected chi connectivity index (χ1v) is 10.6. The molecule has 6 nitrogen and oxygen atoms in total. The molecule has 2 aliphatic rings. The summed E-state index contributed by atoms with van der Waals surface area (Å²) < 4.78 is 5.23. The summed E-state index contributed by atoms with van der Waals surface area (Å²) in [5.41, 5.74) is 2.36. The second-order valence-corrected chi connectivity index (χ2v) is 8.04. The molecule has 1 atom stereocenters. The molecule has 29 heavy (non-hydrogen) atoms. The number of carbonyl (C=O) groups is 2. The lowest BCUT2D eigenvalue weighted by Gasteiger charge is -2.29. The molecule has 1 aromatic heterocycles. The van der Waals surface area contributed by atoms with Crippen LogP contribution in [0.15, 0.2) is 47.1 Å². The van der Waals surface area contributed by atoms with Gasteiger partial charge in [0.05, 0.1) is 6.26 Å². The maximum absolute atomic E-state index is 13.0. The van der Waals surface area contributed by atoms with Crippen molar-refractivity contribution in [2.75, 3.05) is 31.6 Å². The zero-order valence-electron chi connectivity index (χ0n) is 17.0. The monoisotopic (exact) mass is 395 g/mol. The fourth-order valence-corrected chi connectivity index (χ4v) is 4.38. The first kappa shape index (κ1) is 19.6. The third-order valence-electron chi connectivity index (χ3n) is 5.98. The van der Waals surface area contributed by atoms with E-state index in [-0.39, 0.29) is 11.8 Å². The van der Waals surface area contributed by atoms with Crippen molar-refractivity contribution in [2.45, 2.75) is 44.7 Å². The minimum absolute atomic E-state index is 0.0116. The number of hydrogen-bond acceptors (Lipinski definition) is 4. The van der Waals surface area contributed by atoms with Crippen LogP contribution in [0.25, 0.3) is 0 Å². The summed E-state index contributed by atoms with van der Waals surface area (Å²) in [6.45, 7) is 3.38. The molecule has 0 aliphatic carbocycles. The van der Waals surface area contributed by atoms with Gasteiger partial charge in [-0.1, -0.05) is 12.1 Å². The maximum atomic E-state index is 13.0. The van der Waals surface area contributed by atoms with E-state index < -0.39 is 6.04 Å². The Morgan fingerprint density at radius 2 is 1.79 bits per heavy atom. The summed E-state index contributed by atoms with van der Waals surface area (Å²) in [5.74, 6) is 0.0771. The molecule has 1 unspecified atom stereocenters. The van der Waals surface area contributed by atoms with Gasteiger partial charge in [0, 0.05) is 38.9 Å². The number of carbonyl (C=O) groups excluding carboxylic acids is 2. The second kappa shape index (κ2) is 8.72. The van der Waals surface area contributed by atoms with E-state index in [1.54, 1.807) is 21.9 Å². The Labute approximate surface area is 172 Å². The smallest absolute Gasteiger partial charge is 0.290 e. The number of amides is 2. The normalized spacial score (nSPS) is 19.4. The van der Waals surface area contributed by atoms with Gasteiger partial charge in [-0.05, 0) is 61.9 Å². The molecule has 0 N–H and O–H groups in total. The standard InChI is InChI=1S/C23H29N3O3/c1-24(17-18-9-11-19(12-10-18)25-13-3-2-4-14-25)22(27)20-7-5-15-26(20)23(28)21-8-6-16-29-21/h6,8-12,16,20H,2-5,7,13-15,17H2,1H3. The molecule has 0 spiro atoms. The molecule has 0 saturated carbocycles. The van der Waals surface area contributed by atoms with Crippen LogP contribution in [0.3, 0.4) is 0 Å². The van der Waals surface area contributed by atoms with Crippen molar-refractivity contribution < 1.29 is 14.0 Å². The van der Waals surface area contributed by atoms with E-state index in [4.69, 9.17) is 4.42 Å². The second-order valence-electron chi connectivity index (χ2n) is 8.04. The van der Waals surface area contributed by atoms with Gasteiger partial charge in [-0.15, -0.1) is 0 Å². The van der Waals surface area contributed by atoms with Gasteiger partial charge in [0.2, 0.25) is 5.91 Å². The van der Waals surface area contributed by atoms with E-state index in [9.17, 15) is 9.59 Å². The summed E-state index contributed by atoms with van der Waals surface area (Å²) in [4.78, 5) is 31.5. The first-order chi connectivity index (χ1) is 14.1. The minimum atomic E-state index is -0.412. The molecule has 2 aromatic rings. The highest BCUT2D eigenvalue weighted by Gasteiger charge is 2.36. The van der Waals surface area contributed by atoms with Crippen LogP contribution in [0.2, 0.25) is 0 Å². The molecule has 2 aliphatic heterocycles. The van der Waals surface area contributed by atoms with E-state index >= 15 is 0 Å². The predicted octanol–water partition coefficient (Wildman–Crippen LogP) is 3.53. The quantitative estimate of drug-likeness (QED) is 0.777. The van der Waals surface area contributed by atoms with Crippen LogP contribution < -0.4 is 4.90 Å². The van der Waals surface area contributed by atoms with E-state index in [1.807, 2.05) is 7.05 Å². The van der Waals surface area contributed by atoms with Crippen LogP contribution in [-0.2, 0) is 11.3 Å². The largest absolute Gasteiger partial charge is 0.459 e. The van der Waals surface area contributed by atoms with Crippen molar-refractivity contribution >= 4 is 17.5 Å². The Bertz CT molecular complexity index is 826. The number of likely N-dealkylation sites (N-methyl/N-ethyl adjacent to an activating group) is 1. The van der Waals surface area contributed by atoms with Crippen molar-refractivity contribution in [1.82, 2.24) is 9.80 Å². The Hall–Kier alpha value is -2.76. The van der Waals surface area contributed by atoms with Crippen LogP contribution in [0.1, 0.15) is 48.2 Å². The first-order valence-electron chi connectivity index (χ1n) is 10.6. The van der Waals surface area contributed by atoms with Gasteiger partial charge in [0.15, 0.2) is 5.76 Å². The Morgan fingerprint density at radius 3 is 2.48 bits per heavy atom. The summed E-state index contributed by atoms with van der Waals surface area (Å²) in [5, 5.41) is 0. The topological polar surface area (TPSA) is 57.0 Å². The van der Waals surface area contributed by atoms with Crippen LogP contribution >= 0.6 is 0 Å². The van der Waals surface area contributed by atoms with Crippen molar-refractivity contribution in [3.63, 3.8) is 0 Å². The Balaban J connectivity index is 1.38. The Kier molecular flexibility index (Phi) is 5.88. The van der Waals surface area contributed by atoms with Gasteiger partial charge >= 0.3 is 0 Å². The summed E-state index contributed by atoms with van der Waals surface area (Å²) in [6, 6.07) is 11.4. The van der Waals surface area contributed by atoms with Crippen molar-refractivity contribution in [2.24, 2.45) is 0 Å². The molecule has 1 aromatic carbocycles. The summed E-state index contributed by atoms with van der Waals surface area (Å²) in [7, 11) is 1.81. The van der Waals surface area contributed by atoms with Gasteiger partial charge < -0.3 is 19.1 Å². The molecule has 0 bridgehead atoms. The van der Waals surface area contributed by atoms with Crippen LogP contribution in [0, 0.1) is 0 Å². The lowest BCUT2D eigenvalue weighted by molar-refractivity contribution is -0.134. The minimum Gasteiger partial charge on any atom is -0.459 e. The van der Waals surface area contributed by atoms with Gasteiger partial charge in [-0.3, -0.25) is 9.59 Å². The molecule has 3 heterocycles. The van der Waals surface area contributed by atoms with Crippen LogP contribution in [0.5, 0.6) is 0 Å². The predicted molar refractivity (Wildman–Crippen MR) is 112 cm³/mol. The van der Waals surface area contributed by atoms with Gasteiger partial charge in [-0.25, -0.2) is 0 Å². The number of anilines is 1. The molecule has 0 radical (unpaired) electrons. The number of hydrogen-bond donors (Lipinski definition) is 0. The number of likely N-dealkylation sites (tertiary alicyclic amines) is 1. The average Bonchev–Trinajstić information content (AvgIpc) is 3.46. The highest BCUT2D eigenvalue weighted by atomic mass is 16.3. The zero-order valence-corrected chi connectivity index (χ0v) is 17.0. The third-order valence-corrected chi connectivity index (χ3v) is 5.98.